The van der Waals surface area contributed by atoms with E-state index in [0.29, 0.717) is 18.8 Å². The molecular formula is C20H26FIN4O2S. The zero-order valence-corrected chi connectivity index (χ0v) is 19.5. The van der Waals surface area contributed by atoms with E-state index in [4.69, 9.17) is 4.42 Å². The average molecular weight is 532 g/mol. The van der Waals surface area contributed by atoms with E-state index in [1.807, 2.05) is 4.90 Å². The summed E-state index contributed by atoms with van der Waals surface area (Å²) in [7, 11) is 1.77. The molecule has 0 saturated carbocycles. The summed E-state index contributed by atoms with van der Waals surface area (Å²) in [5.41, 5.74) is 0. The van der Waals surface area contributed by atoms with Gasteiger partial charge in [-0.3, -0.25) is 9.79 Å². The maximum absolute atomic E-state index is 12.9. The fraction of sp³-hybridized carbons (Fsp3) is 0.400. The number of carbonyl (C=O) groups is 1. The fourth-order valence-electron chi connectivity index (χ4n) is 3.00. The molecule has 0 radical (unpaired) electrons. The first kappa shape index (κ1) is 23.5. The highest BCUT2D eigenvalue weighted by Gasteiger charge is 2.24. The van der Waals surface area contributed by atoms with Crippen LogP contribution in [-0.4, -0.2) is 67.2 Å². The monoisotopic (exact) mass is 532 g/mol. The number of halogens is 2. The molecule has 1 amide bonds. The van der Waals surface area contributed by atoms with Gasteiger partial charge in [0.15, 0.2) is 11.7 Å². The third-order valence-corrected chi connectivity index (χ3v) is 5.60. The lowest BCUT2D eigenvalue weighted by molar-refractivity contribution is 0.0658. The minimum atomic E-state index is -0.208. The largest absolute Gasteiger partial charge is 0.459 e. The van der Waals surface area contributed by atoms with Crippen LogP contribution in [0.2, 0.25) is 0 Å². The number of nitrogens with zero attached hydrogens (tertiary/aromatic N) is 3. The molecule has 6 nitrogen and oxygen atoms in total. The van der Waals surface area contributed by atoms with E-state index in [2.05, 4.69) is 15.2 Å². The van der Waals surface area contributed by atoms with E-state index in [-0.39, 0.29) is 35.7 Å². The molecule has 0 aliphatic carbocycles. The van der Waals surface area contributed by atoms with Crippen LogP contribution in [-0.2, 0) is 0 Å². The zero-order chi connectivity index (χ0) is 19.8. The summed E-state index contributed by atoms with van der Waals surface area (Å²) >= 11 is 1.71. The highest BCUT2D eigenvalue weighted by atomic mass is 127. The van der Waals surface area contributed by atoms with Crippen molar-refractivity contribution < 1.29 is 13.6 Å². The van der Waals surface area contributed by atoms with Crippen molar-refractivity contribution in [3.8, 4) is 0 Å². The molecule has 2 aromatic rings. The molecule has 1 aromatic heterocycles. The quantitative estimate of drug-likeness (QED) is 0.203. The SMILES string of the molecule is CN=C(NCCCSc1ccc(F)cc1)N1CCN(C(=O)c2ccco2)CC1.I. The van der Waals surface area contributed by atoms with Crippen LogP contribution in [0, 0.1) is 5.82 Å². The molecule has 1 fully saturated rings. The van der Waals surface area contributed by atoms with Crippen molar-refractivity contribution in [1.82, 2.24) is 15.1 Å². The first-order valence-corrected chi connectivity index (χ1v) is 10.3. The minimum absolute atomic E-state index is 0. The van der Waals surface area contributed by atoms with Gasteiger partial charge in [-0.05, 0) is 48.6 Å². The third kappa shape index (κ3) is 6.91. The van der Waals surface area contributed by atoms with Gasteiger partial charge in [-0.2, -0.15) is 0 Å². The lowest BCUT2D eigenvalue weighted by Crippen LogP contribution is -2.53. The normalized spacial score (nSPS) is 14.5. The van der Waals surface area contributed by atoms with Crippen LogP contribution in [0.4, 0.5) is 4.39 Å². The number of amides is 1. The van der Waals surface area contributed by atoms with E-state index in [0.717, 1.165) is 42.7 Å². The second-order valence-corrected chi connectivity index (χ2v) is 7.55. The van der Waals surface area contributed by atoms with Gasteiger partial charge in [-0.1, -0.05) is 0 Å². The van der Waals surface area contributed by atoms with Gasteiger partial charge in [-0.15, -0.1) is 35.7 Å². The Morgan fingerprint density at radius 1 is 1.17 bits per heavy atom. The first-order valence-electron chi connectivity index (χ1n) is 9.34. The number of piperazine rings is 1. The van der Waals surface area contributed by atoms with Gasteiger partial charge in [0, 0.05) is 44.7 Å². The molecule has 1 aliphatic heterocycles. The highest BCUT2D eigenvalue weighted by molar-refractivity contribution is 14.0. The van der Waals surface area contributed by atoms with Gasteiger partial charge in [0.1, 0.15) is 5.82 Å². The number of rotatable bonds is 6. The zero-order valence-electron chi connectivity index (χ0n) is 16.3. The van der Waals surface area contributed by atoms with Crippen molar-refractivity contribution >= 4 is 47.6 Å². The number of furan rings is 1. The van der Waals surface area contributed by atoms with Gasteiger partial charge in [0.05, 0.1) is 6.26 Å². The van der Waals surface area contributed by atoms with E-state index in [1.165, 1.54) is 18.4 Å². The molecule has 0 atom stereocenters. The maximum Gasteiger partial charge on any atom is 0.289 e. The molecule has 0 unspecified atom stereocenters. The number of guanidine groups is 1. The average Bonchev–Trinajstić information content (AvgIpc) is 3.27. The Bertz CT molecular complexity index is 778. The lowest BCUT2D eigenvalue weighted by atomic mass is 10.3. The van der Waals surface area contributed by atoms with Crippen LogP contribution in [0.25, 0.3) is 0 Å². The smallest absolute Gasteiger partial charge is 0.289 e. The van der Waals surface area contributed by atoms with E-state index in [1.54, 1.807) is 43.1 Å². The van der Waals surface area contributed by atoms with Crippen molar-refractivity contribution in [1.29, 1.82) is 0 Å². The number of benzene rings is 1. The van der Waals surface area contributed by atoms with Crippen molar-refractivity contribution in [3.05, 3.63) is 54.2 Å². The predicted octanol–water partition coefficient (Wildman–Crippen LogP) is 3.55. The van der Waals surface area contributed by atoms with Crippen molar-refractivity contribution in [2.24, 2.45) is 4.99 Å². The summed E-state index contributed by atoms with van der Waals surface area (Å²) in [6.45, 7) is 3.56. The van der Waals surface area contributed by atoms with Crippen LogP contribution in [0.1, 0.15) is 17.0 Å². The molecule has 1 N–H and O–H groups in total. The molecule has 29 heavy (non-hydrogen) atoms. The number of carbonyl (C=O) groups excluding carboxylic acids is 1. The standard InChI is InChI=1S/C20H25FN4O2S.HI/c1-22-20(23-9-3-15-28-17-7-5-16(21)6-8-17)25-12-10-24(11-13-25)19(26)18-4-2-14-27-18;/h2,4-8,14H,3,9-13,15H2,1H3,(H,22,23);1H. The lowest BCUT2D eigenvalue weighted by Gasteiger charge is -2.36. The van der Waals surface area contributed by atoms with Crippen molar-refractivity contribution in [3.63, 3.8) is 0 Å². The summed E-state index contributed by atoms with van der Waals surface area (Å²) in [4.78, 5) is 21.7. The Morgan fingerprint density at radius 2 is 1.86 bits per heavy atom. The summed E-state index contributed by atoms with van der Waals surface area (Å²) in [6, 6.07) is 9.99. The molecule has 158 valence electrons. The van der Waals surface area contributed by atoms with Crippen LogP contribution in [0.5, 0.6) is 0 Å². The second-order valence-electron chi connectivity index (χ2n) is 6.39. The second kappa shape index (κ2) is 12.1. The molecule has 0 spiro atoms. The number of hydrogen-bond donors (Lipinski definition) is 1. The third-order valence-electron chi connectivity index (χ3n) is 4.50. The Hall–Kier alpha value is -1.75. The molecule has 0 bridgehead atoms. The van der Waals surface area contributed by atoms with Gasteiger partial charge in [0.25, 0.3) is 5.91 Å². The van der Waals surface area contributed by atoms with E-state index in [9.17, 15) is 9.18 Å². The van der Waals surface area contributed by atoms with Crippen LogP contribution < -0.4 is 5.32 Å². The first-order chi connectivity index (χ1) is 13.7. The van der Waals surface area contributed by atoms with Gasteiger partial charge < -0.3 is 19.5 Å². The summed E-state index contributed by atoms with van der Waals surface area (Å²) in [5.74, 6) is 1.92. The number of hydrogen-bond acceptors (Lipinski definition) is 4. The Balaban J connectivity index is 0.00000300. The van der Waals surface area contributed by atoms with Crippen molar-refractivity contribution in [2.45, 2.75) is 11.3 Å². The molecule has 1 saturated heterocycles. The van der Waals surface area contributed by atoms with E-state index < -0.39 is 0 Å². The molecule has 1 aliphatic rings. The number of nitrogens with one attached hydrogen (secondary N) is 1. The summed E-state index contributed by atoms with van der Waals surface area (Å²) < 4.78 is 18.1. The maximum atomic E-state index is 12.9. The van der Waals surface area contributed by atoms with Crippen molar-refractivity contribution in [2.75, 3.05) is 45.5 Å². The van der Waals surface area contributed by atoms with Gasteiger partial charge in [-0.25, -0.2) is 4.39 Å². The Morgan fingerprint density at radius 3 is 2.48 bits per heavy atom. The number of aliphatic imine (C=N–C) groups is 1. The number of thioether (sulfide) groups is 1. The molecular weight excluding hydrogens is 506 g/mol. The molecule has 2 heterocycles. The van der Waals surface area contributed by atoms with Crippen LogP contribution in [0.15, 0.2) is 57.0 Å². The van der Waals surface area contributed by atoms with Crippen LogP contribution >= 0.6 is 35.7 Å². The Kier molecular flexibility index (Phi) is 9.79. The predicted molar refractivity (Wildman–Crippen MR) is 125 cm³/mol. The molecule has 1 aromatic carbocycles. The fourth-order valence-corrected chi connectivity index (χ4v) is 3.86. The van der Waals surface area contributed by atoms with Crippen LogP contribution in [0.3, 0.4) is 0 Å². The van der Waals surface area contributed by atoms with E-state index >= 15 is 0 Å². The molecule has 9 heteroatoms. The topological polar surface area (TPSA) is 61.1 Å². The Labute approximate surface area is 191 Å². The summed E-state index contributed by atoms with van der Waals surface area (Å²) in [6.07, 6.45) is 2.49. The molecule has 3 rings (SSSR count). The highest BCUT2D eigenvalue weighted by Crippen LogP contribution is 2.18. The van der Waals surface area contributed by atoms with Gasteiger partial charge in [0.2, 0.25) is 0 Å². The minimum Gasteiger partial charge on any atom is -0.459 e. The van der Waals surface area contributed by atoms with Gasteiger partial charge >= 0.3 is 0 Å². The summed E-state index contributed by atoms with van der Waals surface area (Å²) in [5, 5.41) is 3.39.